The molecule has 0 aromatic carbocycles. The number of esters is 1. The van der Waals surface area contributed by atoms with Crippen LogP contribution in [0.1, 0.15) is 111 Å². The van der Waals surface area contributed by atoms with Gasteiger partial charge in [-0.25, -0.2) is 4.79 Å². The van der Waals surface area contributed by atoms with E-state index in [2.05, 4.69) is 27.4 Å². The maximum Gasteiger partial charge on any atom is 0.500 e. The average Bonchev–Trinajstić information content (AvgIpc) is 2.77. The maximum atomic E-state index is 11.3. The topological polar surface area (TPSA) is 54.0 Å². The zero-order valence-electron chi connectivity index (χ0n) is 21.0. The molecule has 0 rings (SSSR count). The van der Waals surface area contributed by atoms with Crippen LogP contribution in [-0.2, 0) is 22.8 Å². The largest absolute Gasteiger partial charge is 0.500 e. The van der Waals surface area contributed by atoms with Gasteiger partial charge in [0.25, 0.3) is 0 Å². The summed E-state index contributed by atoms with van der Waals surface area (Å²) in [5.74, 6) is -0.273. The molecule has 0 atom stereocenters. The molecule has 0 amide bonds. The van der Waals surface area contributed by atoms with Gasteiger partial charge >= 0.3 is 14.8 Å². The van der Waals surface area contributed by atoms with Gasteiger partial charge in [0, 0.05) is 31.4 Å². The Bertz CT molecular complexity index is 420. The third-order valence-electron chi connectivity index (χ3n) is 5.04. The third-order valence-corrected chi connectivity index (χ3v) is 7.93. The summed E-state index contributed by atoms with van der Waals surface area (Å²) in [5.41, 5.74) is 0.475. The molecular formula is C25H50O5Si. The Hall–Kier alpha value is -0.693. The van der Waals surface area contributed by atoms with Gasteiger partial charge in [0.1, 0.15) is 0 Å². The van der Waals surface area contributed by atoms with Gasteiger partial charge in [0.05, 0.1) is 6.61 Å². The van der Waals surface area contributed by atoms with Crippen molar-refractivity contribution in [3.05, 3.63) is 12.2 Å². The Morgan fingerprint density at radius 1 is 0.645 bits per heavy atom. The maximum absolute atomic E-state index is 11.3. The summed E-state index contributed by atoms with van der Waals surface area (Å²) in [6, 6.07) is 0.947. The molecule has 0 aliphatic carbocycles. The van der Waals surface area contributed by atoms with Crippen LogP contribution in [0.25, 0.3) is 0 Å². The Balaban J connectivity index is 3.81. The van der Waals surface area contributed by atoms with E-state index in [0.717, 1.165) is 64.4 Å². The first kappa shape index (κ1) is 30.3. The van der Waals surface area contributed by atoms with E-state index in [0.29, 0.717) is 12.2 Å². The van der Waals surface area contributed by atoms with Crippen molar-refractivity contribution < 1.29 is 22.8 Å². The predicted octanol–water partition coefficient (Wildman–Crippen LogP) is 7.23. The molecular weight excluding hydrogens is 408 g/mol. The van der Waals surface area contributed by atoms with Crippen LogP contribution in [0.3, 0.4) is 0 Å². The Morgan fingerprint density at radius 3 is 1.42 bits per heavy atom. The van der Waals surface area contributed by atoms with Crippen LogP contribution in [0.2, 0.25) is 6.04 Å². The van der Waals surface area contributed by atoms with Gasteiger partial charge in [-0.05, 0) is 39.0 Å². The molecule has 31 heavy (non-hydrogen) atoms. The van der Waals surface area contributed by atoms with E-state index >= 15 is 0 Å². The predicted molar refractivity (Wildman–Crippen MR) is 131 cm³/mol. The minimum atomic E-state index is -2.51. The lowest BCUT2D eigenvalue weighted by atomic mass is 10.1. The molecule has 6 heteroatoms. The summed E-state index contributed by atoms with van der Waals surface area (Å²) in [5, 5.41) is 0. The second-order valence-corrected chi connectivity index (χ2v) is 11.2. The Labute approximate surface area is 193 Å². The van der Waals surface area contributed by atoms with Gasteiger partial charge in [-0.15, -0.1) is 0 Å². The van der Waals surface area contributed by atoms with Crippen molar-refractivity contribution in [2.45, 2.75) is 117 Å². The van der Waals surface area contributed by atoms with Gasteiger partial charge in [0.15, 0.2) is 0 Å². The second kappa shape index (κ2) is 21.2. The number of rotatable bonds is 23. The van der Waals surface area contributed by atoms with Gasteiger partial charge in [-0.2, -0.15) is 0 Å². The summed E-state index contributed by atoms with van der Waals surface area (Å²) >= 11 is 0. The van der Waals surface area contributed by atoms with Crippen LogP contribution in [0.15, 0.2) is 12.2 Å². The van der Waals surface area contributed by atoms with Crippen molar-refractivity contribution in [2.24, 2.45) is 0 Å². The first-order valence-electron chi connectivity index (χ1n) is 12.8. The Kier molecular flexibility index (Phi) is 20.7. The molecule has 0 saturated carbocycles. The van der Waals surface area contributed by atoms with Crippen molar-refractivity contribution in [1.29, 1.82) is 0 Å². The number of unbranched alkanes of at least 4 members (excludes halogenated alkanes) is 9. The van der Waals surface area contributed by atoms with E-state index in [1.165, 1.54) is 44.9 Å². The molecule has 0 radical (unpaired) electrons. The number of carbonyl (C=O) groups excluding carboxylic acids is 1. The normalized spacial score (nSPS) is 11.6. The smallest absolute Gasteiger partial charge is 0.462 e. The van der Waals surface area contributed by atoms with Crippen LogP contribution < -0.4 is 0 Å². The van der Waals surface area contributed by atoms with E-state index in [4.69, 9.17) is 18.0 Å². The quantitative estimate of drug-likeness (QED) is 0.0700. The molecule has 5 nitrogen and oxygen atoms in total. The summed E-state index contributed by atoms with van der Waals surface area (Å²) in [6.45, 7) is 14.4. The lowest BCUT2D eigenvalue weighted by Crippen LogP contribution is -2.46. The van der Waals surface area contributed by atoms with Crippen molar-refractivity contribution in [2.75, 3.05) is 26.4 Å². The molecule has 0 saturated heterocycles. The molecule has 0 aliphatic rings. The third kappa shape index (κ3) is 17.5. The zero-order chi connectivity index (χ0) is 23.2. The lowest BCUT2D eigenvalue weighted by molar-refractivity contribution is -0.139. The van der Waals surface area contributed by atoms with E-state index in [1.807, 2.05) is 0 Å². The number of hydrogen-bond acceptors (Lipinski definition) is 5. The van der Waals surface area contributed by atoms with Crippen LogP contribution in [0.4, 0.5) is 0 Å². The number of hydrogen-bond donors (Lipinski definition) is 0. The summed E-state index contributed by atoms with van der Waals surface area (Å²) < 4.78 is 23.6. The van der Waals surface area contributed by atoms with Crippen molar-refractivity contribution >= 4 is 14.8 Å². The Morgan fingerprint density at radius 2 is 1.03 bits per heavy atom. The molecule has 0 aliphatic heterocycles. The zero-order valence-corrected chi connectivity index (χ0v) is 22.0. The molecule has 0 bridgehead atoms. The molecule has 184 valence electrons. The highest BCUT2D eigenvalue weighted by molar-refractivity contribution is 6.60. The van der Waals surface area contributed by atoms with E-state index in [9.17, 15) is 4.79 Å². The van der Waals surface area contributed by atoms with Crippen LogP contribution in [0, 0.1) is 0 Å². The summed E-state index contributed by atoms with van der Waals surface area (Å²) in [6.07, 6.45) is 15.1. The highest BCUT2D eigenvalue weighted by atomic mass is 28.4. The highest BCUT2D eigenvalue weighted by Crippen LogP contribution is 2.22. The van der Waals surface area contributed by atoms with Gasteiger partial charge < -0.3 is 18.0 Å². The molecule has 0 unspecified atom stereocenters. The van der Waals surface area contributed by atoms with Gasteiger partial charge in [-0.3, -0.25) is 0 Å². The minimum Gasteiger partial charge on any atom is -0.462 e. The van der Waals surface area contributed by atoms with Gasteiger partial charge in [0.2, 0.25) is 0 Å². The molecule has 0 spiro atoms. The van der Waals surface area contributed by atoms with E-state index < -0.39 is 8.80 Å². The van der Waals surface area contributed by atoms with Gasteiger partial charge in [-0.1, -0.05) is 78.7 Å². The first-order valence-corrected chi connectivity index (χ1v) is 14.7. The first-order chi connectivity index (χ1) is 15.0. The van der Waals surface area contributed by atoms with Crippen molar-refractivity contribution in [1.82, 2.24) is 0 Å². The van der Waals surface area contributed by atoms with Crippen LogP contribution >= 0.6 is 0 Å². The fourth-order valence-electron chi connectivity index (χ4n) is 3.26. The fraction of sp³-hybridized carbons (Fsp3) is 0.880. The van der Waals surface area contributed by atoms with Crippen molar-refractivity contribution in [3.63, 3.8) is 0 Å². The fourth-order valence-corrected chi connectivity index (χ4v) is 6.17. The molecule has 0 aromatic heterocycles. The lowest BCUT2D eigenvalue weighted by Gasteiger charge is -2.29. The average molecular weight is 459 g/mol. The van der Waals surface area contributed by atoms with Crippen LogP contribution in [0.5, 0.6) is 0 Å². The molecule has 0 aromatic rings. The minimum absolute atomic E-state index is 0.273. The molecule has 0 N–H and O–H groups in total. The highest BCUT2D eigenvalue weighted by Gasteiger charge is 2.40. The summed E-state index contributed by atoms with van der Waals surface area (Å²) in [4.78, 5) is 11.3. The van der Waals surface area contributed by atoms with E-state index in [1.54, 1.807) is 6.92 Å². The SMILES string of the molecule is C=C(C)C(=O)OCCCCCCCCCCCC[Si](OCCC)(OCCC)OCCC. The number of ether oxygens (including phenoxy) is 1. The molecule has 0 heterocycles. The second-order valence-electron chi connectivity index (χ2n) is 8.43. The monoisotopic (exact) mass is 458 g/mol. The van der Waals surface area contributed by atoms with E-state index in [-0.39, 0.29) is 5.97 Å². The molecule has 0 fully saturated rings. The van der Waals surface area contributed by atoms with Crippen molar-refractivity contribution in [3.8, 4) is 0 Å². The standard InChI is InChI=1S/C25H50O5Si/c1-6-19-28-31(29-20-7-2,30-21-8-3)23-18-16-14-12-10-9-11-13-15-17-22-27-25(26)24(4)5/h4,6-23H2,1-3,5H3. The number of carbonyl (C=O) groups is 1. The van der Waals surface area contributed by atoms with Crippen LogP contribution in [-0.4, -0.2) is 41.2 Å². The summed E-state index contributed by atoms with van der Waals surface area (Å²) in [7, 11) is -2.51.